The van der Waals surface area contributed by atoms with Crippen LogP contribution in [0.25, 0.3) is 5.76 Å². The summed E-state index contributed by atoms with van der Waals surface area (Å²) in [5.74, 6) is 0.0174. The van der Waals surface area contributed by atoms with Crippen LogP contribution < -0.4 is 9.47 Å². The van der Waals surface area contributed by atoms with Crippen LogP contribution in [0, 0.1) is 0 Å². The molecule has 0 radical (unpaired) electrons. The average Bonchev–Trinajstić information content (AvgIpc) is 3.29. The van der Waals surface area contributed by atoms with Crippen molar-refractivity contribution in [3.05, 3.63) is 64.7 Å². The summed E-state index contributed by atoms with van der Waals surface area (Å²) in [6.45, 7) is 5.57. The number of likely N-dealkylation sites (tertiary alicyclic amines) is 1. The molecule has 2 aromatic carbocycles. The van der Waals surface area contributed by atoms with E-state index in [-0.39, 0.29) is 17.4 Å². The van der Waals surface area contributed by atoms with Gasteiger partial charge in [-0.05, 0) is 82.4 Å². The molecule has 0 saturated carbocycles. The number of ether oxygens (including phenoxy) is 2. The third kappa shape index (κ3) is 4.66. The van der Waals surface area contributed by atoms with E-state index in [2.05, 4.69) is 0 Å². The van der Waals surface area contributed by atoms with Crippen molar-refractivity contribution in [3.8, 4) is 11.5 Å². The number of amides is 1. The van der Waals surface area contributed by atoms with Gasteiger partial charge in [0.1, 0.15) is 23.4 Å². The fourth-order valence-corrected chi connectivity index (χ4v) is 4.68. The van der Waals surface area contributed by atoms with Crippen LogP contribution in [-0.2, 0) is 16.0 Å². The van der Waals surface area contributed by atoms with Crippen LogP contribution in [0.2, 0.25) is 0 Å². The number of fused-ring (bicyclic) bond motifs is 1. The lowest BCUT2D eigenvalue weighted by Gasteiger charge is -2.26. The quantitative estimate of drug-likeness (QED) is 0.364. The van der Waals surface area contributed by atoms with E-state index in [1.165, 1.54) is 0 Å². The van der Waals surface area contributed by atoms with Gasteiger partial charge in [-0.2, -0.15) is 0 Å². The molecule has 7 nitrogen and oxygen atoms in total. The normalized spacial score (nSPS) is 21.1. The molecule has 1 amide bonds. The number of carbonyl (C=O) groups is 2. The molecular weight excluding hydrogens is 432 g/mol. The minimum absolute atomic E-state index is 0.0657. The molecule has 4 rings (SSSR count). The van der Waals surface area contributed by atoms with E-state index in [0.717, 1.165) is 29.8 Å². The van der Waals surface area contributed by atoms with Crippen molar-refractivity contribution < 1.29 is 24.2 Å². The highest BCUT2D eigenvalue weighted by atomic mass is 16.5. The highest BCUT2D eigenvalue weighted by molar-refractivity contribution is 6.46. The van der Waals surface area contributed by atoms with E-state index in [1.807, 2.05) is 69.2 Å². The maximum absolute atomic E-state index is 13.2. The maximum atomic E-state index is 13.2. The second kappa shape index (κ2) is 9.89. The molecule has 2 atom stereocenters. The molecule has 2 aliphatic heterocycles. The third-order valence-corrected chi connectivity index (χ3v) is 6.20. The Morgan fingerprint density at radius 3 is 2.74 bits per heavy atom. The van der Waals surface area contributed by atoms with Crippen LogP contribution in [0.5, 0.6) is 11.5 Å². The second-order valence-electron chi connectivity index (χ2n) is 9.11. The molecule has 34 heavy (non-hydrogen) atoms. The lowest BCUT2D eigenvalue weighted by Crippen LogP contribution is -2.32. The zero-order valence-electron chi connectivity index (χ0n) is 20.2. The van der Waals surface area contributed by atoms with Crippen molar-refractivity contribution in [1.82, 2.24) is 9.80 Å². The molecular formula is C27H32N2O5. The van der Waals surface area contributed by atoms with Crippen molar-refractivity contribution in [2.24, 2.45) is 0 Å². The van der Waals surface area contributed by atoms with E-state index < -0.39 is 17.7 Å². The Kier molecular flexibility index (Phi) is 6.93. The first kappa shape index (κ1) is 23.8. The van der Waals surface area contributed by atoms with Gasteiger partial charge in [0.15, 0.2) is 0 Å². The largest absolute Gasteiger partial charge is 0.507 e. The Bertz CT molecular complexity index is 1120. The van der Waals surface area contributed by atoms with Gasteiger partial charge in [-0.25, -0.2) is 0 Å². The fourth-order valence-electron chi connectivity index (χ4n) is 4.68. The number of nitrogens with zero attached hydrogens (tertiary/aromatic N) is 2. The summed E-state index contributed by atoms with van der Waals surface area (Å²) in [6.07, 6.45) is 1.50. The highest BCUT2D eigenvalue weighted by Gasteiger charge is 2.46. The van der Waals surface area contributed by atoms with Gasteiger partial charge in [-0.15, -0.1) is 0 Å². The number of hydrogen-bond donors (Lipinski definition) is 1. The Hall–Kier alpha value is -3.32. The van der Waals surface area contributed by atoms with Crippen molar-refractivity contribution in [1.29, 1.82) is 0 Å². The molecule has 0 aromatic heterocycles. The average molecular weight is 465 g/mol. The molecule has 1 N–H and O–H groups in total. The molecule has 1 fully saturated rings. The monoisotopic (exact) mass is 464 g/mol. The Balaban J connectivity index is 1.79. The van der Waals surface area contributed by atoms with Gasteiger partial charge in [-0.3, -0.25) is 9.59 Å². The molecule has 0 spiro atoms. The van der Waals surface area contributed by atoms with Gasteiger partial charge >= 0.3 is 0 Å². The zero-order valence-corrected chi connectivity index (χ0v) is 20.2. The van der Waals surface area contributed by atoms with E-state index in [1.54, 1.807) is 11.0 Å². The lowest BCUT2D eigenvalue weighted by molar-refractivity contribution is -0.139. The van der Waals surface area contributed by atoms with Crippen LogP contribution in [0.15, 0.2) is 48.0 Å². The van der Waals surface area contributed by atoms with Crippen molar-refractivity contribution in [3.63, 3.8) is 0 Å². The van der Waals surface area contributed by atoms with E-state index in [4.69, 9.17) is 9.47 Å². The first-order chi connectivity index (χ1) is 16.3. The summed E-state index contributed by atoms with van der Waals surface area (Å²) in [6, 6.07) is 12.1. The van der Waals surface area contributed by atoms with Gasteiger partial charge in [0, 0.05) is 18.5 Å². The van der Waals surface area contributed by atoms with Gasteiger partial charge in [0.25, 0.3) is 11.7 Å². The Morgan fingerprint density at radius 1 is 1.21 bits per heavy atom. The number of benzene rings is 2. The summed E-state index contributed by atoms with van der Waals surface area (Å²) >= 11 is 0. The molecule has 2 aliphatic rings. The minimum atomic E-state index is -0.689. The first-order valence-corrected chi connectivity index (χ1v) is 11.8. The van der Waals surface area contributed by atoms with Crippen molar-refractivity contribution >= 4 is 17.4 Å². The lowest BCUT2D eigenvalue weighted by atomic mass is 9.94. The summed E-state index contributed by atoms with van der Waals surface area (Å²) in [5.41, 5.74) is 2.32. The van der Waals surface area contributed by atoms with E-state index in [9.17, 15) is 14.7 Å². The Morgan fingerprint density at radius 2 is 2.00 bits per heavy atom. The standard InChI is InChI=1S/C27H32N2O5/c1-5-33-21-9-6-8-18(16-21)24-23(26(31)27(32)29(24)13-7-12-28(3)4)25(30)19-10-11-22-20(15-19)14-17(2)34-22/h6,8-11,15-17,24,30H,5,7,12-14H2,1-4H3/b25-23+/t17-,24-/m0/s1. The summed E-state index contributed by atoms with van der Waals surface area (Å²) in [5, 5.41) is 11.3. The maximum Gasteiger partial charge on any atom is 0.295 e. The van der Waals surface area contributed by atoms with Crippen LogP contribution in [0.3, 0.4) is 0 Å². The van der Waals surface area contributed by atoms with Crippen LogP contribution in [0.4, 0.5) is 0 Å². The predicted molar refractivity (Wildman–Crippen MR) is 130 cm³/mol. The Labute approximate surface area is 200 Å². The summed E-state index contributed by atoms with van der Waals surface area (Å²) in [7, 11) is 3.94. The molecule has 0 bridgehead atoms. The third-order valence-electron chi connectivity index (χ3n) is 6.20. The van der Waals surface area contributed by atoms with Crippen LogP contribution in [-0.4, -0.2) is 66.5 Å². The van der Waals surface area contributed by atoms with E-state index in [0.29, 0.717) is 30.9 Å². The number of ketones is 1. The molecule has 1 saturated heterocycles. The zero-order chi connectivity index (χ0) is 24.4. The molecule has 2 heterocycles. The number of aliphatic hydroxyl groups excluding tert-OH is 1. The number of Topliss-reactive ketones (excluding diaryl/α,β-unsaturated/α-hetero) is 1. The number of aliphatic hydroxyl groups is 1. The van der Waals surface area contributed by atoms with Gasteiger partial charge in [-0.1, -0.05) is 12.1 Å². The summed E-state index contributed by atoms with van der Waals surface area (Å²) < 4.78 is 11.4. The molecule has 0 unspecified atom stereocenters. The van der Waals surface area contributed by atoms with Crippen molar-refractivity contribution in [2.75, 3.05) is 33.8 Å². The van der Waals surface area contributed by atoms with Crippen molar-refractivity contribution in [2.45, 2.75) is 38.8 Å². The number of rotatable bonds is 8. The minimum Gasteiger partial charge on any atom is -0.507 e. The molecule has 0 aliphatic carbocycles. The van der Waals surface area contributed by atoms with Gasteiger partial charge in [0.2, 0.25) is 0 Å². The van der Waals surface area contributed by atoms with Gasteiger partial charge in [0.05, 0.1) is 18.2 Å². The molecule has 180 valence electrons. The number of hydrogen-bond acceptors (Lipinski definition) is 6. The molecule has 2 aromatic rings. The highest BCUT2D eigenvalue weighted by Crippen LogP contribution is 2.41. The SMILES string of the molecule is CCOc1cccc([C@H]2/C(=C(\O)c3ccc4c(c3)C[C@H](C)O4)C(=O)C(=O)N2CCCN(C)C)c1. The van der Waals surface area contributed by atoms with E-state index >= 15 is 0 Å². The van der Waals surface area contributed by atoms with Crippen LogP contribution >= 0.6 is 0 Å². The number of carbonyl (C=O) groups excluding carboxylic acids is 2. The predicted octanol–water partition coefficient (Wildman–Crippen LogP) is 3.78. The molecule has 7 heteroatoms. The topological polar surface area (TPSA) is 79.3 Å². The first-order valence-electron chi connectivity index (χ1n) is 11.8. The fraction of sp³-hybridized carbons (Fsp3) is 0.407. The smallest absolute Gasteiger partial charge is 0.295 e. The van der Waals surface area contributed by atoms with Gasteiger partial charge < -0.3 is 24.4 Å². The summed E-state index contributed by atoms with van der Waals surface area (Å²) in [4.78, 5) is 30.0. The second-order valence-corrected chi connectivity index (χ2v) is 9.11. The van der Waals surface area contributed by atoms with Crippen LogP contribution in [0.1, 0.15) is 43.0 Å².